The van der Waals surface area contributed by atoms with E-state index in [2.05, 4.69) is 5.32 Å². The molecule has 1 aliphatic rings. The third kappa shape index (κ3) is 5.35. The lowest BCUT2D eigenvalue weighted by molar-refractivity contribution is -0.120. The molecule has 7 nitrogen and oxygen atoms in total. The number of hydrogen-bond donors (Lipinski definition) is 2. The van der Waals surface area contributed by atoms with Crippen molar-refractivity contribution in [3.05, 3.63) is 64.7 Å². The number of carbonyl (C=O) groups is 2. The molecular formula is C20H22ClN3O4S. The molecule has 2 aromatic rings. The monoisotopic (exact) mass is 435 g/mol. The van der Waals surface area contributed by atoms with Crippen molar-refractivity contribution in [2.75, 3.05) is 18.4 Å². The van der Waals surface area contributed by atoms with E-state index in [1.807, 2.05) is 0 Å². The van der Waals surface area contributed by atoms with Crippen LogP contribution in [0.2, 0.25) is 5.02 Å². The number of nitrogens with zero attached hydrogens (tertiary/aromatic N) is 1. The van der Waals surface area contributed by atoms with Gasteiger partial charge in [-0.05, 0) is 48.7 Å². The van der Waals surface area contributed by atoms with Gasteiger partial charge >= 0.3 is 0 Å². The van der Waals surface area contributed by atoms with Crippen LogP contribution in [-0.2, 0) is 20.6 Å². The van der Waals surface area contributed by atoms with Crippen molar-refractivity contribution in [1.29, 1.82) is 0 Å². The Labute approximate surface area is 174 Å². The number of carbonyl (C=O) groups excluding carboxylic acids is 2. The minimum Gasteiger partial charge on any atom is -0.366 e. The summed E-state index contributed by atoms with van der Waals surface area (Å²) in [5.74, 6) is -1.14. The molecule has 0 saturated carbocycles. The topological polar surface area (TPSA) is 110 Å². The molecule has 1 fully saturated rings. The van der Waals surface area contributed by atoms with Crippen LogP contribution in [-0.4, -0.2) is 37.6 Å². The lowest BCUT2D eigenvalue weighted by Gasteiger charge is -2.30. The minimum atomic E-state index is -3.51. The molecule has 1 heterocycles. The second-order valence-corrected chi connectivity index (χ2v) is 9.33. The van der Waals surface area contributed by atoms with Gasteiger partial charge in [0.15, 0.2) is 0 Å². The maximum atomic E-state index is 12.7. The highest BCUT2D eigenvalue weighted by Crippen LogP contribution is 2.25. The number of nitrogens with two attached hydrogens (primary N) is 1. The first-order chi connectivity index (χ1) is 13.8. The Kier molecular flexibility index (Phi) is 6.56. The molecule has 0 atom stereocenters. The average Bonchev–Trinajstić information content (AvgIpc) is 2.70. The molecule has 154 valence electrons. The minimum absolute atomic E-state index is 0.157. The van der Waals surface area contributed by atoms with Gasteiger partial charge in [0.1, 0.15) is 0 Å². The lowest BCUT2D eigenvalue weighted by atomic mass is 9.97. The number of anilines is 1. The Balaban J connectivity index is 1.56. The number of rotatable bonds is 6. The van der Waals surface area contributed by atoms with Crippen molar-refractivity contribution in [3.63, 3.8) is 0 Å². The fourth-order valence-corrected chi connectivity index (χ4v) is 5.14. The highest BCUT2D eigenvalue weighted by atomic mass is 35.5. The Bertz CT molecular complexity index is 1000. The van der Waals surface area contributed by atoms with Crippen LogP contribution in [0.4, 0.5) is 5.69 Å². The number of primary amides is 1. The van der Waals surface area contributed by atoms with Crippen LogP contribution in [0.3, 0.4) is 0 Å². The van der Waals surface area contributed by atoms with Crippen molar-refractivity contribution in [2.24, 2.45) is 11.7 Å². The van der Waals surface area contributed by atoms with Gasteiger partial charge in [0.2, 0.25) is 21.8 Å². The molecule has 3 N–H and O–H groups in total. The predicted octanol–water partition coefficient (Wildman–Crippen LogP) is 2.62. The van der Waals surface area contributed by atoms with Crippen molar-refractivity contribution in [2.45, 2.75) is 18.6 Å². The summed E-state index contributed by atoms with van der Waals surface area (Å²) in [6, 6.07) is 13.2. The highest BCUT2D eigenvalue weighted by molar-refractivity contribution is 7.88. The van der Waals surface area contributed by atoms with Gasteiger partial charge in [-0.2, -0.15) is 0 Å². The Morgan fingerprint density at radius 2 is 1.69 bits per heavy atom. The Hall–Kier alpha value is -2.42. The molecule has 1 aliphatic heterocycles. The largest absolute Gasteiger partial charge is 0.366 e. The molecule has 1 saturated heterocycles. The zero-order chi connectivity index (χ0) is 21.0. The van der Waals surface area contributed by atoms with E-state index in [0.29, 0.717) is 34.7 Å². The zero-order valence-electron chi connectivity index (χ0n) is 15.7. The number of amides is 2. The maximum Gasteiger partial charge on any atom is 0.248 e. The van der Waals surface area contributed by atoms with E-state index in [9.17, 15) is 18.0 Å². The second kappa shape index (κ2) is 8.94. The number of piperidine rings is 1. The molecular weight excluding hydrogens is 414 g/mol. The summed E-state index contributed by atoms with van der Waals surface area (Å²) >= 11 is 6.08. The van der Waals surface area contributed by atoms with Gasteiger partial charge in [-0.25, -0.2) is 12.7 Å². The van der Waals surface area contributed by atoms with Gasteiger partial charge in [0.25, 0.3) is 0 Å². The van der Waals surface area contributed by atoms with E-state index in [0.717, 1.165) is 0 Å². The molecule has 0 spiro atoms. The maximum absolute atomic E-state index is 12.7. The molecule has 2 amide bonds. The van der Waals surface area contributed by atoms with Crippen LogP contribution in [0, 0.1) is 5.92 Å². The van der Waals surface area contributed by atoms with Gasteiger partial charge < -0.3 is 11.1 Å². The van der Waals surface area contributed by atoms with Crippen LogP contribution >= 0.6 is 11.6 Å². The molecule has 0 radical (unpaired) electrons. The third-order valence-corrected chi connectivity index (χ3v) is 7.15. The van der Waals surface area contributed by atoms with E-state index in [1.54, 1.807) is 48.5 Å². The van der Waals surface area contributed by atoms with E-state index in [4.69, 9.17) is 17.3 Å². The summed E-state index contributed by atoms with van der Waals surface area (Å²) in [7, 11) is -3.51. The average molecular weight is 436 g/mol. The smallest absolute Gasteiger partial charge is 0.248 e. The third-order valence-electron chi connectivity index (χ3n) is 4.95. The van der Waals surface area contributed by atoms with Crippen LogP contribution in [0.25, 0.3) is 0 Å². The molecule has 2 aromatic carbocycles. The Morgan fingerprint density at radius 1 is 1.07 bits per heavy atom. The molecule has 29 heavy (non-hydrogen) atoms. The molecule has 3 rings (SSSR count). The van der Waals surface area contributed by atoms with E-state index in [-0.39, 0.29) is 30.7 Å². The summed E-state index contributed by atoms with van der Waals surface area (Å²) in [6.45, 7) is 0.566. The van der Waals surface area contributed by atoms with Crippen molar-refractivity contribution < 1.29 is 18.0 Å². The molecule has 9 heteroatoms. The summed E-state index contributed by atoms with van der Waals surface area (Å²) in [4.78, 5) is 23.6. The van der Waals surface area contributed by atoms with Crippen molar-refractivity contribution in [1.82, 2.24) is 4.31 Å². The Morgan fingerprint density at radius 3 is 2.28 bits per heavy atom. The lowest BCUT2D eigenvalue weighted by Crippen LogP contribution is -2.41. The van der Waals surface area contributed by atoms with Crippen molar-refractivity contribution in [3.8, 4) is 0 Å². The van der Waals surface area contributed by atoms with Gasteiger partial charge in [-0.1, -0.05) is 29.8 Å². The first-order valence-electron chi connectivity index (χ1n) is 9.18. The fourth-order valence-electron chi connectivity index (χ4n) is 3.26. The van der Waals surface area contributed by atoms with Crippen LogP contribution < -0.4 is 11.1 Å². The van der Waals surface area contributed by atoms with Crippen LogP contribution in [0.15, 0.2) is 48.5 Å². The quantitative estimate of drug-likeness (QED) is 0.726. The molecule has 0 aliphatic carbocycles. The zero-order valence-corrected chi connectivity index (χ0v) is 17.2. The summed E-state index contributed by atoms with van der Waals surface area (Å²) in [5, 5.41) is 3.23. The number of benzene rings is 2. The van der Waals surface area contributed by atoms with Crippen LogP contribution in [0.5, 0.6) is 0 Å². The highest BCUT2D eigenvalue weighted by Gasteiger charge is 2.31. The molecule has 0 bridgehead atoms. The van der Waals surface area contributed by atoms with Gasteiger partial charge in [0.05, 0.1) is 5.75 Å². The van der Waals surface area contributed by atoms with E-state index >= 15 is 0 Å². The van der Waals surface area contributed by atoms with Gasteiger partial charge in [-0.3, -0.25) is 9.59 Å². The van der Waals surface area contributed by atoms with Gasteiger partial charge in [-0.15, -0.1) is 0 Å². The first kappa shape index (κ1) is 21.3. The number of nitrogens with one attached hydrogen (secondary N) is 1. The van der Waals surface area contributed by atoms with Crippen molar-refractivity contribution >= 4 is 39.1 Å². The predicted molar refractivity (Wildman–Crippen MR) is 112 cm³/mol. The number of halogens is 1. The van der Waals surface area contributed by atoms with E-state index < -0.39 is 15.9 Å². The molecule has 0 unspecified atom stereocenters. The number of hydrogen-bond acceptors (Lipinski definition) is 4. The standard InChI is InChI=1S/C20H22ClN3O4S/c21-18-4-2-1-3-16(18)13-29(27,28)24-11-9-15(10-12-24)20(26)23-17-7-5-14(6-8-17)19(22)25/h1-8,15H,9-13H2,(H2,22,25)(H,23,26). The summed E-state index contributed by atoms with van der Waals surface area (Å²) in [5.41, 5.74) is 6.69. The fraction of sp³-hybridized carbons (Fsp3) is 0.300. The SMILES string of the molecule is NC(=O)c1ccc(NC(=O)C2CCN(S(=O)(=O)Cc3ccccc3Cl)CC2)cc1. The second-order valence-electron chi connectivity index (χ2n) is 6.95. The summed E-state index contributed by atoms with van der Waals surface area (Å²) in [6.07, 6.45) is 0.875. The van der Waals surface area contributed by atoms with Gasteiger partial charge in [0, 0.05) is 35.3 Å². The molecule has 0 aromatic heterocycles. The normalized spacial score (nSPS) is 15.8. The van der Waals surface area contributed by atoms with E-state index in [1.165, 1.54) is 4.31 Å². The number of sulfonamides is 1. The van der Waals surface area contributed by atoms with Crippen LogP contribution in [0.1, 0.15) is 28.8 Å². The first-order valence-corrected chi connectivity index (χ1v) is 11.2. The summed E-state index contributed by atoms with van der Waals surface area (Å²) < 4.78 is 26.8.